The molecule has 0 aliphatic rings. The highest BCUT2D eigenvalue weighted by Gasteiger charge is 2.15. The summed E-state index contributed by atoms with van der Waals surface area (Å²) in [5.74, 6) is -0.341. The van der Waals surface area contributed by atoms with Gasteiger partial charge >= 0.3 is 0 Å². The van der Waals surface area contributed by atoms with Crippen LogP contribution in [0.2, 0.25) is 5.02 Å². The van der Waals surface area contributed by atoms with Gasteiger partial charge in [-0.25, -0.2) is 0 Å². The molecule has 28 heavy (non-hydrogen) atoms. The predicted octanol–water partition coefficient (Wildman–Crippen LogP) is 5.24. The van der Waals surface area contributed by atoms with Crippen LogP contribution in [0.4, 0.5) is 11.4 Å². The molecule has 142 valence electrons. The van der Waals surface area contributed by atoms with E-state index in [4.69, 9.17) is 11.6 Å². The highest BCUT2D eigenvalue weighted by atomic mass is 35.5. The van der Waals surface area contributed by atoms with Gasteiger partial charge in [0.25, 0.3) is 0 Å². The lowest BCUT2D eigenvalue weighted by atomic mass is 10.0. The van der Waals surface area contributed by atoms with Gasteiger partial charge in [0.1, 0.15) is 0 Å². The van der Waals surface area contributed by atoms with Crippen LogP contribution in [0, 0.1) is 13.8 Å². The number of ketones is 1. The Labute approximate surface area is 169 Å². The number of carbonyl (C=O) groups excluding carboxylic acids is 2. The van der Waals surface area contributed by atoms with Crippen LogP contribution < -0.4 is 10.6 Å². The highest BCUT2D eigenvalue weighted by Crippen LogP contribution is 2.24. The van der Waals surface area contributed by atoms with Crippen molar-refractivity contribution in [3.8, 4) is 0 Å². The molecule has 0 saturated heterocycles. The van der Waals surface area contributed by atoms with Gasteiger partial charge in [0.2, 0.25) is 5.91 Å². The molecule has 0 aliphatic carbocycles. The third-order valence-electron chi connectivity index (χ3n) is 4.45. The van der Waals surface area contributed by atoms with E-state index in [1.54, 1.807) is 30.3 Å². The predicted molar refractivity (Wildman–Crippen MR) is 114 cm³/mol. The molecule has 2 N–H and O–H groups in total. The van der Waals surface area contributed by atoms with E-state index in [9.17, 15) is 9.59 Å². The molecular formula is C23H21ClN2O2. The van der Waals surface area contributed by atoms with Crippen molar-refractivity contribution in [3.63, 3.8) is 0 Å². The van der Waals surface area contributed by atoms with E-state index in [-0.39, 0.29) is 18.2 Å². The molecule has 0 heterocycles. The number of para-hydroxylation sites is 1. The molecular weight excluding hydrogens is 372 g/mol. The van der Waals surface area contributed by atoms with Gasteiger partial charge in [-0.15, -0.1) is 0 Å². The van der Waals surface area contributed by atoms with Crippen molar-refractivity contribution in [2.75, 3.05) is 17.2 Å². The lowest BCUT2D eigenvalue weighted by molar-refractivity contribution is -0.114. The Balaban J connectivity index is 1.76. The maximum atomic E-state index is 12.8. The van der Waals surface area contributed by atoms with Gasteiger partial charge in [-0.1, -0.05) is 60.1 Å². The minimum absolute atomic E-state index is 0.0322. The maximum Gasteiger partial charge on any atom is 0.243 e. The summed E-state index contributed by atoms with van der Waals surface area (Å²) < 4.78 is 0. The number of hydrogen-bond donors (Lipinski definition) is 2. The first kappa shape index (κ1) is 19.6. The summed E-state index contributed by atoms with van der Waals surface area (Å²) in [6.45, 7) is 3.93. The van der Waals surface area contributed by atoms with Gasteiger partial charge in [-0.2, -0.15) is 0 Å². The average Bonchev–Trinajstić information content (AvgIpc) is 2.70. The summed E-state index contributed by atoms with van der Waals surface area (Å²) in [5, 5.41) is 6.45. The van der Waals surface area contributed by atoms with Crippen LogP contribution >= 0.6 is 11.6 Å². The van der Waals surface area contributed by atoms with E-state index >= 15 is 0 Å². The molecule has 0 aliphatic heterocycles. The van der Waals surface area contributed by atoms with Gasteiger partial charge in [0, 0.05) is 27.5 Å². The second kappa shape index (κ2) is 8.72. The van der Waals surface area contributed by atoms with Crippen molar-refractivity contribution in [2.24, 2.45) is 0 Å². The van der Waals surface area contributed by atoms with E-state index in [0.29, 0.717) is 21.8 Å². The molecule has 0 atom stereocenters. The zero-order chi connectivity index (χ0) is 20.1. The van der Waals surface area contributed by atoms with Crippen LogP contribution in [0.1, 0.15) is 27.0 Å². The molecule has 0 unspecified atom stereocenters. The van der Waals surface area contributed by atoms with Crippen molar-refractivity contribution in [3.05, 3.63) is 94.0 Å². The van der Waals surface area contributed by atoms with Gasteiger partial charge in [0.05, 0.1) is 6.54 Å². The monoisotopic (exact) mass is 392 g/mol. The molecule has 3 aromatic carbocycles. The van der Waals surface area contributed by atoms with E-state index in [1.807, 2.05) is 50.2 Å². The third-order valence-corrected chi connectivity index (χ3v) is 4.68. The summed E-state index contributed by atoms with van der Waals surface area (Å²) in [5.41, 5.74) is 4.37. The van der Waals surface area contributed by atoms with Crippen molar-refractivity contribution in [2.45, 2.75) is 13.8 Å². The first-order chi connectivity index (χ1) is 13.5. The fraction of sp³-hybridized carbons (Fsp3) is 0.130. The van der Waals surface area contributed by atoms with E-state index in [0.717, 1.165) is 16.8 Å². The number of halogens is 1. The Morgan fingerprint density at radius 1 is 0.893 bits per heavy atom. The SMILES string of the molecule is Cc1cccc(C)c1NC(=O)CNc1ccc(Cl)cc1C(=O)c1ccccc1. The summed E-state index contributed by atoms with van der Waals surface area (Å²) in [6.07, 6.45) is 0. The van der Waals surface area contributed by atoms with Crippen LogP contribution in [-0.4, -0.2) is 18.2 Å². The minimum Gasteiger partial charge on any atom is -0.376 e. The highest BCUT2D eigenvalue weighted by molar-refractivity contribution is 6.31. The van der Waals surface area contributed by atoms with E-state index in [1.165, 1.54) is 0 Å². The zero-order valence-corrected chi connectivity index (χ0v) is 16.5. The fourth-order valence-corrected chi connectivity index (χ4v) is 3.15. The molecule has 0 saturated carbocycles. The first-order valence-electron chi connectivity index (χ1n) is 8.95. The Hall–Kier alpha value is -3.11. The second-order valence-corrected chi connectivity index (χ2v) is 6.99. The van der Waals surface area contributed by atoms with Crippen LogP contribution in [-0.2, 0) is 4.79 Å². The lowest BCUT2D eigenvalue weighted by Gasteiger charge is -2.14. The molecule has 0 aromatic heterocycles. The van der Waals surface area contributed by atoms with Crippen molar-refractivity contribution < 1.29 is 9.59 Å². The summed E-state index contributed by atoms with van der Waals surface area (Å²) >= 11 is 6.09. The Bertz CT molecular complexity index is 996. The summed E-state index contributed by atoms with van der Waals surface area (Å²) in [6, 6.07) is 19.8. The average molecular weight is 393 g/mol. The van der Waals surface area contributed by atoms with Crippen molar-refractivity contribution in [1.82, 2.24) is 0 Å². The number of aryl methyl sites for hydroxylation is 2. The van der Waals surface area contributed by atoms with Crippen LogP contribution in [0.3, 0.4) is 0 Å². The Kier molecular flexibility index (Phi) is 6.12. The fourth-order valence-electron chi connectivity index (χ4n) is 2.97. The normalized spacial score (nSPS) is 10.4. The lowest BCUT2D eigenvalue weighted by Crippen LogP contribution is -2.23. The standard InChI is InChI=1S/C23H21ClN2O2/c1-15-7-6-8-16(2)22(15)26-21(27)14-25-20-12-11-18(24)13-19(20)23(28)17-9-4-3-5-10-17/h3-13,25H,14H2,1-2H3,(H,26,27). The molecule has 4 nitrogen and oxygen atoms in total. The number of anilines is 2. The first-order valence-corrected chi connectivity index (χ1v) is 9.33. The molecule has 0 fully saturated rings. The van der Waals surface area contributed by atoms with E-state index < -0.39 is 0 Å². The number of benzene rings is 3. The smallest absolute Gasteiger partial charge is 0.243 e. The van der Waals surface area contributed by atoms with Crippen molar-refractivity contribution >= 4 is 34.7 Å². The summed E-state index contributed by atoms with van der Waals surface area (Å²) in [7, 11) is 0. The maximum absolute atomic E-state index is 12.8. The summed E-state index contributed by atoms with van der Waals surface area (Å²) in [4.78, 5) is 25.3. The van der Waals surface area contributed by atoms with E-state index in [2.05, 4.69) is 10.6 Å². The second-order valence-electron chi connectivity index (χ2n) is 6.55. The van der Waals surface area contributed by atoms with Crippen LogP contribution in [0.5, 0.6) is 0 Å². The molecule has 1 amide bonds. The molecule has 0 spiro atoms. The Morgan fingerprint density at radius 2 is 1.57 bits per heavy atom. The quantitative estimate of drug-likeness (QED) is 0.564. The largest absolute Gasteiger partial charge is 0.376 e. The number of rotatable bonds is 6. The van der Waals surface area contributed by atoms with Crippen LogP contribution in [0.25, 0.3) is 0 Å². The Morgan fingerprint density at radius 3 is 2.25 bits per heavy atom. The molecule has 5 heteroatoms. The minimum atomic E-state index is -0.189. The molecule has 0 bridgehead atoms. The van der Waals surface area contributed by atoms with Gasteiger partial charge < -0.3 is 10.6 Å². The van der Waals surface area contributed by atoms with Gasteiger partial charge in [-0.05, 0) is 43.2 Å². The zero-order valence-electron chi connectivity index (χ0n) is 15.8. The number of hydrogen-bond acceptors (Lipinski definition) is 3. The van der Waals surface area contributed by atoms with Gasteiger partial charge in [0.15, 0.2) is 5.78 Å². The van der Waals surface area contributed by atoms with Gasteiger partial charge in [-0.3, -0.25) is 9.59 Å². The number of amides is 1. The number of carbonyl (C=O) groups is 2. The molecule has 3 rings (SSSR count). The third kappa shape index (κ3) is 4.59. The number of nitrogens with one attached hydrogen (secondary N) is 2. The topological polar surface area (TPSA) is 58.2 Å². The van der Waals surface area contributed by atoms with Crippen molar-refractivity contribution in [1.29, 1.82) is 0 Å². The molecule has 3 aromatic rings. The molecule has 0 radical (unpaired) electrons. The van der Waals surface area contributed by atoms with Crippen LogP contribution in [0.15, 0.2) is 66.7 Å².